The van der Waals surface area contributed by atoms with E-state index < -0.39 is 31.6 Å². The van der Waals surface area contributed by atoms with Crippen LogP contribution in [0.1, 0.15) is 42.0 Å². The molecule has 0 unspecified atom stereocenters. The van der Waals surface area contributed by atoms with Crippen molar-refractivity contribution in [2.45, 2.75) is 50.5 Å². The Kier molecular flexibility index (Phi) is 7.95. The van der Waals surface area contributed by atoms with Crippen molar-refractivity contribution >= 4 is 19.9 Å². The van der Waals surface area contributed by atoms with Crippen LogP contribution in [0, 0.1) is 5.92 Å². The second kappa shape index (κ2) is 10.5. The lowest BCUT2D eigenvalue weighted by Crippen LogP contribution is -2.39. The standard InChI is InChI=1S/C25H31F3N2O5S2/c1-3-37(33,34)24-12-19(14-29-15-20-5-6-22(25(26,27)28)13-21(20)16-29)4-7-23(24)35-17-18-8-10-30(11-9-18)36(2,31)32/h4-7,12-13,18H,3,8-11,14-17H2,1-2H3. The topological polar surface area (TPSA) is 84.0 Å². The quantitative estimate of drug-likeness (QED) is 0.484. The fourth-order valence-electron chi connectivity index (χ4n) is 4.80. The Bertz CT molecular complexity index is 1350. The van der Waals surface area contributed by atoms with Crippen molar-refractivity contribution in [3.8, 4) is 5.75 Å². The highest BCUT2D eigenvalue weighted by Gasteiger charge is 2.32. The molecule has 0 N–H and O–H groups in total. The fraction of sp³-hybridized carbons (Fsp3) is 0.520. The zero-order chi connectivity index (χ0) is 27.0. The van der Waals surface area contributed by atoms with Gasteiger partial charge in [-0.2, -0.15) is 13.2 Å². The maximum Gasteiger partial charge on any atom is 0.416 e. The Hall–Kier alpha value is -2.15. The van der Waals surface area contributed by atoms with E-state index >= 15 is 0 Å². The summed E-state index contributed by atoms with van der Waals surface area (Å²) >= 11 is 0. The molecule has 37 heavy (non-hydrogen) atoms. The van der Waals surface area contributed by atoms with Crippen molar-refractivity contribution in [2.24, 2.45) is 5.92 Å². The second-order valence-electron chi connectivity index (χ2n) is 9.73. The van der Waals surface area contributed by atoms with Gasteiger partial charge in [-0.05, 0) is 59.7 Å². The van der Waals surface area contributed by atoms with Gasteiger partial charge in [0.05, 0.1) is 24.2 Å². The first kappa shape index (κ1) is 27.9. The molecule has 2 aromatic rings. The monoisotopic (exact) mass is 560 g/mol. The van der Waals surface area contributed by atoms with Gasteiger partial charge in [0.15, 0.2) is 9.84 Å². The number of rotatable bonds is 8. The number of hydrogen-bond acceptors (Lipinski definition) is 6. The molecule has 4 rings (SSSR count). The van der Waals surface area contributed by atoms with Crippen LogP contribution < -0.4 is 4.74 Å². The minimum absolute atomic E-state index is 0.0946. The van der Waals surface area contributed by atoms with E-state index in [4.69, 9.17) is 4.74 Å². The van der Waals surface area contributed by atoms with Gasteiger partial charge in [-0.1, -0.05) is 19.1 Å². The van der Waals surface area contributed by atoms with Gasteiger partial charge in [0.2, 0.25) is 10.0 Å². The van der Waals surface area contributed by atoms with Gasteiger partial charge >= 0.3 is 6.18 Å². The minimum atomic E-state index is -4.40. The van der Waals surface area contributed by atoms with E-state index in [2.05, 4.69) is 0 Å². The van der Waals surface area contributed by atoms with E-state index in [1.165, 1.54) is 22.7 Å². The number of piperidine rings is 1. The first-order chi connectivity index (χ1) is 17.3. The molecule has 2 heterocycles. The molecule has 0 spiro atoms. The molecule has 0 amide bonds. The molecule has 0 radical (unpaired) electrons. The van der Waals surface area contributed by atoms with E-state index in [0.29, 0.717) is 51.1 Å². The molecular weight excluding hydrogens is 529 g/mol. The Morgan fingerprint density at radius 3 is 2.27 bits per heavy atom. The van der Waals surface area contributed by atoms with Gasteiger partial charge in [-0.15, -0.1) is 0 Å². The zero-order valence-corrected chi connectivity index (χ0v) is 22.4. The second-order valence-corrected chi connectivity index (χ2v) is 14.0. The molecular formula is C25H31F3N2O5S2. The summed E-state index contributed by atoms with van der Waals surface area (Å²) in [6.45, 7) is 3.87. The Labute approximate surface area is 216 Å². The zero-order valence-electron chi connectivity index (χ0n) is 20.8. The van der Waals surface area contributed by atoms with E-state index in [0.717, 1.165) is 17.2 Å². The average Bonchev–Trinajstić information content (AvgIpc) is 3.24. The van der Waals surface area contributed by atoms with Gasteiger partial charge in [0.1, 0.15) is 10.6 Å². The summed E-state index contributed by atoms with van der Waals surface area (Å²) in [7, 11) is -6.83. The predicted molar refractivity (Wildman–Crippen MR) is 133 cm³/mol. The van der Waals surface area contributed by atoms with Crippen LogP contribution in [-0.4, -0.2) is 57.7 Å². The Balaban J connectivity index is 1.44. The number of sulfonamides is 1. The van der Waals surface area contributed by atoms with Crippen LogP contribution in [0.15, 0.2) is 41.3 Å². The van der Waals surface area contributed by atoms with Crippen LogP contribution in [0.4, 0.5) is 13.2 Å². The summed E-state index contributed by atoms with van der Waals surface area (Å²) < 4.78 is 95.7. The van der Waals surface area contributed by atoms with Crippen LogP contribution >= 0.6 is 0 Å². The molecule has 7 nitrogen and oxygen atoms in total. The van der Waals surface area contributed by atoms with E-state index in [-0.39, 0.29) is 28.9 Å². The predicted octanol–water partition coefficient (Wildman–Crippen LogP) is 4.07. The van der Waals surface area contributed by atoms with Gasteiger partial charge < -0.3 is 4.74 Å². The molecule has 0 saturated carbocycles. The van der Waals surface area contributed by atoms with E-state index in [1.54, 1.807) is 25.1 Å². The highest BCUT2D eigenvalue weighted by atomic mass is 32.2. The molecule has 2 aromatic carbocycles. The van der Waals surface area contributed by atoms with Crippen molar-refractivity contribution in [2.75, 3.05) is 31.7 Å². The first-order valence-electron chi connectivity index (χ1n) is 12.1. The number of ether oxygens (including phenoxy) is 1. The summed E-state index contributed by atoms with van der Waals surface area (Å²) in [6.07, 6.45) is -1.94. The SMILES string of the molecule is CCS(=O)(=O)c1cc(CN2Cc3ccc(C(F)(F)F)cc3C2)ccc1OCC1CCN(S(C)(=O)=O)CC1. The number of sulfone groups is 1. The van der Waals surface area contributed by atoms with Crippen LogP contribution in [0.2, 0.25) is 0 Å². The molecule has 12 heteroatoms. The Morgan fingerprint density at radius 2 is 1.65 bits per heavy atom. The maximum atomic E-state index is 13.1. The lowest BCUT2D eigenvalue weighted by molar-refractivity contribution is -0.137. The molecule has 1 fully saturated rings. The number of fused-ring (bicyclic) bond motifs is 1. The molecule has 0 aromatic heterocycles. The summed E-state index contributed by atoms with van der Waals surface area (Å²) in [4.78, 5) is 2.07. The Morgan fingerprint density at radius 1 is 0.973 bits per heavy atom. The minimum Gasteiger partial charge on any atom is -0.492 e. The third kappa shape index (κ3) is 6.65. The molecule has 1 saturated heterocycles. The summed E-state index contributed by atoms with van der Waals surface area (Å²) in [5.41, 5.74) is 1.51. The van der Waals surface area contributed by atoms with Gasteiger partial charge in [0, 0.05) is 32.7 Å². The molecule has 2 aliphatic heterocycles. The summed E-state index contributed by atoms with van der Waals surface area (Å²) in [6, 6.07) is 8.77. The smallest absolute Gasteiger partial charge is 0.416 e. The van der Waals surface area contributed by atoms with Crippen LogP contribution in [0.5, 0.6) is 5.75 Å². The van der Waals surface area contributed by atoms with Gasteiger partial charge in [-0.3, -0.25) is 4.90 Å². The highest BCUT2D eigenvalue weighted by Crippen LogP contribution is 2.34. The average molecular weight is 561 g/mol. The number of benzene rings is 2. The molecule has 0 aliphatic carbocycles. The van der Waals surface area contributed by atoms with Gasteiger partial charge in [0.25, 0.3) is 0 Å². The number of alkyl halides is 3. The number of hydrogen-bond donors (Lipinski definition) is 0. The van der Waals surface area contributed by atoms with Gasteiger partial charge in [-0.25, -0.2) is 21.1 Å². The van der Waals surface area contributed by atoms with Crippen molar-refractivity contribution < 1.29 is 34.7 Å². The summed E-state index contributed by atoms with van der Waals surface area (Å²) in [5, 5.41) is 0. The molecule has 204 valence electrons. The first-order valence-corrected chi connectivity index (χ1v) is 15.6. The summed E-state index contributed by atoms with van der Waals surface area (Å²) in [5.74, 6) is 0.268. The lowest BCUT2D eigenvalue weighted by Gasteiger charge is -2.30. The lowest BCUT2D eigenvalue weighted by atomic mass is 9.99. The van der Waals surface area contributed by atoms with Crippen LogP contribution in [-0.2, 0) is 45.7 Å². The van der Waals surface area contributed by atoms with Crippen molar-refractivity contribution in [3.63, 3.8) is 0 Å². The third-order valence-electron chi connectivity index (χ3n) is 6.97. The normalized spacial score (nSPS) is 18.2. The molecule has 2 aliphatic rings. The third-order valence-corrected chi connectivity index (χ3v) is 10.0. The van der Waals surface area contributed by atoms with E-state index in [1.807, 2.05) is 4.90 Å². The maximum absolute atomic E-state index is 13.1. The molecule has 0 atom stereocenters. The van der Waals surface area contributed by atoms with Crippen molar-refractivity contribution in [3.05, 3.63) is 58.7 Å². The number of halogens is 3. The van der Waals surface area contributed by atoms with Crippen molar-refractivity contribution in [1.82, 2.24) is 9.21 Å². The van der Waals surface area contributed by atoms with Crippen molar-refractivity contribution in [1.29, 1.82) is 0 Å². The highest BCUT2D eigenvalue weighted by molar-refractivity contribution is 7.91. The van der Waals surface area contributed by atoms with Crippen LogP contribution in [0.25, 0.3) is 0 Å². The molecule has 0 bridgehead atoms. The largest absolute Gasteiger partial charge is 0.492 e. The van der Waals surface area contributed by atoms with E-state index in [9.17, 15) is 30.0 Å². The van der Waals surface area contributed by atoms with Crippen LogP contribution in [0.3, 0.4) is 0 Å². The fourth-order valence-corrected chi connectivity index (χ4v) is 6.74. The number of nitrogens with zero attached hydrogens (tertiary/aromatic N) is 2.